The zero-order chi connectivity index (χ0) is 15.1. The molecule has 0 atom stereocenters. The van der Waals surface area contributed by atoms with Crippen LogP contribution < -0.4 is 11.1 Å². The highest BCUT2D eigenvalue weighted by Gasteiger charge is 2.24. The molecule has 1 aliphatic rings. The Morgan fingerprint density at radius 2 is 1.91 bits per heavy atom. The number of anilines is 3. The lowest BCUT2D eigenvalue weighted by Crippen LogP contribution is -2.04. The van der Waals surface area contributed by atoms with E-state index in [2.05, 4.69) is 21.4 Å². The third kappa shape index (κ3) is 2.07. The van der Waals surface area contributed by atoms with Gasteiger partial charge in [-0.15, -0.1) is 0 Å². The molecule has 1 aliphatic carbocycles. The number of hydrogen-bond donors (Lipinski definition) is 2. The molecule has 1 aromatic heterocycles. The van der Waals surface area contributed by atoms with E-state index in [1.807, 2.05) is 18.2 Å². The molecule has 0 radical (unpaired) electrons. The maximum atomic E-state index is 13.3. The van der Waals surface area contributed by atoms with E-state index in [-0.39, 0.29) is 11.8 Å². The van der Waals surface area contributed by atoms with Gasteiger partial charge in [0.05, 0.1) is 5.69 Å². The molecule has 4 nitrogen and oxygen atoms in total. The van der Waals surface area contributed by atoms with Crippen molar-refractivity contribution in [2.24, 2.45) is 0 Å². The van der Waals surface area contributed by atoms with Gasteiger partial charge in [-0.3, -0.25) is 0 Å². The van der Waals surface area contributed by atoms with Crippen molar-refractivity contribution in [2.45, 2.75) is 6.42 Å². The molecule has 0 saturated heterocycles. The van der Waals surface area contributed by atoms with Crippen LogP contribution in [0, 0.1) is 5.82 Å². The summed E-state index contributed by atoms with van der Waals surface area (Å²) in [6.07, 6.45) is 0.740. The molecule has 5 heteroatoms. The molecule has 108 valence electrons. The van der Waals surface area contributed by atoms with Crippen LogP contribution in [0.25, 0.3) is 11.3 Å². The number of rotatable bonds is 2. The molecule has 3 N–H and O–H groups in total. The highest BCUT2D eigenvalue weighted by atomic mass is 19.1. The number of benzene rings is 2. The van der Waals surface area contributed by atoms with Gasteiger partial charge in [-0.2, -0.15) is 4.98 Å². The molecule has 0 bridgehead atoms. The van der Waals surface area contributed by atoms with Crippen molar-refractivity contribution < 1.29 is 4.39 Å². The minimum absolute atomic E-state index is 0.203. The number of aromatic nitrogens is 2. The summed E-state index contributed by atoms with van der Waals surface area (Å²) >= 11 is 0. The van der Waals surface area contributed by atoms with E-state index in [4.69, 9.17) is 5.73 Å². The second kappa shape index (κ2) is 4.80. The molecule has 0 unspecified atom stereocenters. The third-order valence-corrected chi connectivity index (χ3v) is 3.75. The molecular formula is C17H13FN4. The summed E-state index contributed by atoms with van der Waals surface area (Å²) in [4.78, 5) is 8.65. The number of halogens is 1. The average molecular weight is 292 g/mol. The second-order valence-corrected chi connectivity index (χ2v) is 5.23. The molecule has 0 aliphatic heterocycles. The van der Waals surface area contributed by atoms with E-state index in [1.54, 1.807) is 12.1 Å². The summed E-state index contributed by atoms with van der Waals surface area (Å²) < 4.78 is 13.3. The first-order chi connectivity index (χ1) is 10.7. The lowest BCUT2D eigenvalue weighted by Gasteiger charge is -2.11. The fraction of sp³-hybridized carbons (Fsp3) is 0.0588. The van der Waals surface area contributed by atoms with Gasteiger partial charge in [0.1, 0.15) is 11.6 Å². The fourth-order valence-corrected chi connectivity index (χ4v) is 2.79. The molecule has 0 saturated carbocycles. The van der Waals surface area contributed by atoms with Crippen molar-refractivity contribution in [3.63, 3.8) is 0 Å². The smallest absolute Gasteiger partial charge is 0.222 e. The fourth-order valence-electron chi connectivity index (χ4n) is 2.79. The van der Waals surface area contributed by atoms with E-state index in [1.165, 1.54) is 17.7 Å². The topological polar surface area (TPSA) is 63.8 Å². The summed E-state index contributed by atoms with van der Waals surface area (Å²) in [6, 6.07) is 14.3. The van der Waals surface area contributed by atoms with Gasteiger partial charge in [0.15, 0.2) is 0 Å². The van der Waals surface area contributed by atoms with Crippen molar-refractivity contribution >= 4 is 17.5 Å². The third-order valence-electron chi connectivity index (χ3n) is 3.75. The van der Waals surface area contributed by atoms with Gasteiger partial charge in [0.25, 0.3) is 0 Å². The summed E-state index contributed by atoms with van der Waals surface area (Å²) in [5.41, 5.74) is 10.6. The first-order valence-corrected chi connectivity index (χ1v) is 6.98. The van der Waals surface area contributed by atoms with Crippen molar-refractivity contribution in [1.29, 1.82) is 0 Å². The molecule has 0 spiro atoms. The predicted molar refractivity (Wildman–Crippen MR) is 84.4 cm³/mol. The monoisotopic (exact) mass is 292 g/mol. The van der Waals surface area contributed by atoms with Crippen LogP contribution in [0.1, 0.15) is 11.1 Å². The number of nitrogens with two attached hydrogens (primary N) is 1. The van der Waals surface area contributed by atoms with Gasteiger partial charge in [-0.25, -0.2) is 9.37 Å². The normalized spacial score (nSPS) is 11.9. The highest BCUT2D eigenvalue weighted by molar-refractivity contribution is 5.80. The molecular weight excluding hydrogens is 279 g/mol. The maximum Gasteiger partial charge on any atom is 0.222 e. The van der Waals surface area contributed by atoms with Gasteiger partial charge in [0, 0.05) is 23.2 Å². The highest BCUT2D eigenvalue weighted by Crippen LogP contribution is 2.39. The number of nitrogen functional groups attached to an aromatic ring is 1. The van der Waals surface area contributed by atoms with E-state index in [9.17, 15) is 4.39 Å². The summed E-state index contributed by atoms with van der Waals surface area (Å²) in [6.45, 7) is 0. The molecule has 4 rings (SSSR count). The summed E-state index contributed by atoms with van der Waals surface area (Å²) in [7, 11) is 0. The van der Waals surface area contributed by atoms with Crippen LogP contribution in [0.15, 0.2) is 48.5 Å². The Hall–Kier alpha value is -2.95. The second-order valence-electron chi connectivity index (χ2n) is 5.23. The Balaban J connectivity index is 1.81. The van der Waals surface area contributed by atoms with Gasteiger partial charge in [-0.1, -0.05) is 30.3 Å². The van der Waals surface area contributed by atoms with Crippen LogP contribution in [0.5, 0.6) is 0 Å². The Morgan fingerprint density at radius 3 is 2.77 bits per heavy atom. The van der Waals surface area contributed by atoms with Crippen molar-refractivity contribution in [1.82, 2.24) is 9.97 Å². The predicted octanol–water partition coefficient (Wildman–Crippen LogP) is 3.51. The average Bonchev–Trinajstić information content (AvgIpc) is 2.86. The lowest BCUT2D eigenvalue weighted by atomic mass is 10.1. The molecule has 0 fully saturated rings. The number of nitrogens with one attached hydrogen (secondary N) is 1. The maximum absolute atomic E-state index is 13.3. The van der Waals surface area contributed by atoms with Gasteiger partial charge in [0.2, 0.25) is 5.95 Å². The minimum Gasteiger partial charge on any atom is -0.368 e. The zero-order valence-corrected chi connectivity index (χ0v) is 11.7. The van der Waals surface area contributed by atoms with Crippen LogP contribution in [-0.2, 0) is 6.42 Å². The molecule has 3 aromatic rings. The van der Waals surface area contributed by atoms with E-state index in [0.29, 0.717) is 11.5 Å². The minimum atomic E-state index is -0.299. The molecule has 2 aromatic carbocycles. The van der Waals surface area contributed by atoms with Gasteiger partial charge in [-0.05, 0) is 23.8 Å². The summed E-state index contributed by atoms with van der Waals surface area (Å²) in [5, 5.41) is 3.15. The van der Waals surface area contributed by atoms with E-state index >= 15 is 0 Å². The first-order valence-electron chi connectivity index (χ1n) is 6.98. The quantitative estimate of drug-likeness (QED) is 0.593. The summed E-state index contributed by atoms with van der Waals surface area (Å²) in [5.74, 6) is 0.533. The number of nitrogens with zero attached hydrogens (tertiary/aromatic N) is 2. The lowest BCUT2D eigenvalue weighted by molar-refractivity contribution is 0.628. The largest absolute Gasteiger partial charge is 0.368 e. The zero-order valence-electron chi connectivity index (χ0n) is 11.7. The van der Waals surface area contributed by atoms with Crippen LogP contribution in [0.3, 0.4) is 0 Å². The van der Waals surface area contributed by atoms with E-state index < -0.39 is 0 Å². The van der Waals surface area contributed by atoms with Gasteiger partial charge < -0.3 is 11.1 Å². The molecule has 0 amide bonds. The van der Waals surface area contributed by atoms with Crippen molar-refractivity contribution in [3.05, 3.63) is 65.5 Å². The number of hydrogen-bond acceptors (Lipinski definition) is 4. The van der Waals surface area contributed by atoms with Crippen molar-refractivity contribution in [2.75, 3.05) is 11.1 Å². The Morgan fingerprint density at radius 1 is 1.05 bits per heavy atom. The Kier molecular flexibility index (Phi) is 2.79. The van der Waals surface area contributed by atoms with E-state index in [0.717, 1.165) is 23.2 Å². The van der Waals surface area contributed by atoms with Crippen LogP contribution >= 0.6 is 0 Å². The SMILES string of the molecule is Nc1nc(Nc2cccc(F)c2)c2c(n1)-c1ccccc1C2. The first kappa shape index (κ1) is 12.8. The van der Waals surface area contributed by atoms with Gasteiger partial charge >= 0.3 is 0 Å². The van der Waals surface area contributed by atoms with Crippen LogP contribution in [0.4, 0.5) is 21.8 Å². The Labute approximate surface area is 126 Å². The van der Waals surface area contributed by atoms with Crippen LogP contribution in [-0.4, -0.2) is 9.97 Å². The molecule has 1 heterocycles. The number of fused-ring (bicyclic) bond motifs is 3. The van der Waals surface area contributed by atoms with Crippen LogP contribution in [0.2, 0.25) is 0 Å². The standard InChI is InChI=1S/C17H13FN4/c18-11-5-3-6-12(9-11)20-16-14-8-10-4-1-2-7-13(10)15(14)21-17(19)22-16/h1-7,9H,8H2,(H3,19,20,21,22). The Bertz CT molecular complexity index is 876. The molecule has 22 heavy (non-hydrogen) atoms. The van der Waals surface area contributed by atoms with Crippen molar-refractivity contribution in [3.8, 4) is 11.3 Å².